The van der Waals surface area contributed by atoms with E-state index in [-0.39, 0.29) is 5.41 Å². The highest BCUT2D eigenvalue weighted by Crippen LogP contribution is 2.55. The fourth-order valence-electron chi connectivity index (χ4n) is 5.03. The van der Waals surface area contributed by atoms with Gasteiger partial charge in [0.05, 0.1) is 7.11 Å². The molecule has 1 aromatic carbocycles. The molecule has 22 heavy (non-hydrogen) atoms. The molecule has 0 N–H and O–H groups in total. The van der Waals surface area contributed by atoms with Gasteiger partial charge in [0.15, 0.2) is 0 Å². The van der Waals surface area contributed by atoms with E-state index < -0.39 is 0 Å². The van der Waals surface area contributed by atoms with Crippen molar-refractivity contribution in [3.8, 4) is 5.75 Å². The molecule has 0 saturated carbocycles. The summed E-state index contributed by atoms with van der Waals surface area (Å²) in [6.07, 6.45) is 7.43. The first kappa shape index (κ1) is 14.0. The van der Waals surface area contributed by atoms with Crippen LogP contribution >= 0.6 is 0 Å². The summed E-state index contributed by atoms with van der Waals surface area (Å²) in [5, 5.41) is 0. The van der Waals surface area contributed by atoms with Gasteiger partial charge in [-0.15, -0.1) is 0 Å². The Labute approximate surface area is 132 Å². The van der Waals surface area contributed by atoms with Crippen molar-refractivity contribution in [2.45, 2.75) is 37.1 Å². The lowest BCUT2D eigenvalue weighted by Crippen LogP contribution is -2.59. The SMILES string of the molecule is COc1ccc2c(c1)[C@@]13CC=C(C=O)C[C@H]1[C@@H](C2)N(C)CC3. The van der Waals surface area contributed by atoms with Gasteiger partial charge in [0.25, 0.3) is 0 Å². The number of piperidine rings is 1. The van der Waals surface area contributed by atoms with Crippen LogP contribution in [-0.2, 0) is 16.6 Å². The molecule has 0 spiro atoms. The van der Waals surface area contributed by atoms with Crippen molar-refractivity contribution in [1.82, 2.24) is 4.90 Å². The molecule has 116 valence electrons. The van der Waals surface area contributed by atoms with Gasteiger partial charge in [-0.1, -0.05) is 12.1 Å². The van der Waals surface area contributed by atoms with E-state index in [2.05, 4.69) is 36.2 Å². The molecule has 0 amide bonds. The fraction of sp³-hybridized carbons (Fsp3) is 0.526. The average Bonchev–Trinajstić information content (AvgIpc) is 2.57. The molecule has 1 saturated heterocycles. The average molecular weight is 297 g/mol. The molecular weight excluding hydrogens is 274 g/mol. The number of allylic oxidation sites excluding steroid dienone is 2. The summed E-state index contributed by atoms with van der Waals surface area (Å²) in [5.74, 6) is 1.51. The molecule has 1 aromatic rings. The van der Waals surface area contributed by atoms with Crippen LogP contribution in [-0.4, -0.2) is 37.9 Å². The van der Waals surface area contributed by atoms with E-state index in [4.69, 9.17) is 4.74 Å². The summed E-state index contributed by atoms with van der Waals surface area (Å²) in [6.45, 7) is 1.14. The lowest BCUT2D eigenvalue weighted by Gasteiger charge is -2.57. The lowest BCUT2D eigenvalue weighted by molar-refractivity contribution is -0.105. The van der Waals surface area contributed by atoms with Crippen LogP contribution in [0, 0.1) is 5.92 Å². The second-order valence-electron chi connectivity index (χ2n) is 7.09. The number of fused-ring (bicyclic) bond motifs is 1. The highest BCUT2D eigenvalue weighted by molar-refractivity contribution is 5.74. The molecule has 1 fully saturated rings. The van der Waals surface area contributed by atoms with Crippen molar-refractivity contribution in [3.63, 3.8) is 0 Å². The van der Waals surface area contributed by atoms with Gasteiger partial charge in [-0.05, 0) is 74.0 Å². The Morgan fingerprint density at radius 3 is 3.00 bits per heavy atom. The molecule has 3 aliphatic rings. The van der Waals surface area contributed by atoms with Gasteiger partial charge >= 0.3 is 0 Å². The molecule has 3 nitrogen and oxygen atoms in total. The van der Waals surface area contributed by atoms with E-state index in [1.54, 1.807) is 7.11 Å². The van der Waals surface area contributed by atoms with Crippen molar-refractivity contribution in [1.29, 1.82) is 0 Å². The first-order valence-corrected chi connectivity index (χ1v) is 8.20. The minimum atomic E-state index is 0.200. The van der Waals surface area contributed by atoms with Crippen molar-refractivity contribution < 1.29 is 9.53 Å². The molecule has 4 rings (SSSR count). The third-order valence-corrected chi connectivity index (χ3v) is 6.27. The molecule has 0 aromatic heterocycles. The highest BCUT2D eigenvalue weighted by atomic mass is 16.5. The van der Waals surface area contributed by atoms with Crippen LogP contribution in [0.5, 0.6) is 5.75 Å². The molecule has 3 heteroatoms. The van der Waals surface area contributed by atoms with Crippen molar-refractivity contribution >= 4 is 6.29 Å². The van der Waals surface area contributed by atoms with Gasteiger partial charge in [0.1, 0.15) is 12.0 Å². The van der Waals surface area contributed by atoms with E-state index in [9.17, 15) is 4.79 Å². The number of benzene rings is 1. The van der Waals surface area contributed by atoms with Crippen LogP contribution in [0.4, 0.5) is 0 Å². The number of nitrogens with zero attached hydrogens (tertiary/aromatic N) is 1. The summed E-state index contributed by atoms with van der Waals surface area (Å²) in [7, 11) is 3.98. The molecule has 2 aliphatic carbocycles. The summed E-state index contributed by atoms with van der Waals surface area (Å²) in [6, 6.07) is 7.14. The van der Waals surface area contributed by atoms with Crippen LogP contribution in [0.1, 0.15) is 30.4 Å². The zero-order valence-corrected chi connectivity index (χ0v) is 13.3. The van der Waals surface area contributed by atoms with E-state index >= 15 is 0 Å². The zero-order chi connectivity index (χ0) is 15.3. The topological polar surface area (TPSA) is 29.5 Å². The van der Waals surface area contributed by atoms with E-state index in [0.717, 1.165) is 43.4 Å². The number of rotatable bonds is 2. The van der Waals surface area contributed by atoms with Crippen LogP contribution in [0.15, 0.2) is 29.8 Å². The Balaban J connectivity index is 1.89. The predicted octanol–water partition coefficient (Wildman–Crippen LogP) is 2.73. The minimum absolute atomic E-state index is 0.200. The first-order chi connectivity index (χ1) is 10.7. The predicted molar refractivity (Wildman–Crippen MR) is 86.3 cm³/mol. The fourth-order valence-corrected chi connectivity index (χ4v) is 5.03. The Kier molecular flexibility index (Phi) is 3.15. The van der Waals surface area contributed by atoms with Crippen molar-refractivity contribution in [2.24, 2.45) is 5.92 Å². The maximum Gasteiger partial charge on any atom is 0.145 e. The molecule has 0 radical (unpaired) electrons. The third kappa shape index (κ3) is 1.81. The van der Waals surface area contributed by atoms with Crippen LogP contribution in [0.2, 0.25) is 0 Å². The molecule has 3 atom stereocenters. The number of aldehydes is 1. The summed E-state index contributed by atoms with van der Waals surface area (Å²) >= 11 is 0. The summed E-state index contributed by atoms with van der Waals surface area (Å²) in [5.41, 5.74) is 4.14. The molecule has 1 heterocycles. The van der Waals surface area contributed by atoms with Crippen molar-refractivity contribution in [2.75, 3.05) is 20.7 Å². The number of carbonyl (C=O) groups excluding carboxylic acids is 1. The minimum Gasteiger partial charge on any atom is -0.497 e. The molecular formula is C19H23NO2. The maximum absolute atomic E-state index is 11.3. The third-order valence-electron chi connectivity index (χ3n) is 6.27. The van der Waals surface area contributed by atoms with Gasteiger partial charge in [-0.2, -0.15) is 0 Å². The number of ether oxygens (including phenoxy) is 1. The Morgan fingerprint density at radius 2 is 2.23 bits per heavy atom. The number of carbonyl (C=O) groups is 1. The smallest absolute Gasteiger partial charge is 0.145 e. The Morgan fingerprint density at radius 1 is 1.36 bits per heavy atom. The van der Waals surface area contributed by atoms with E-state index in [1.807, 2.05) is 0 Å². The Hall–Kier alpha value is -1.61. The largest absolute Gasteiger partial charge is 0.497 e. The molecule has 1 aliphatic heterocycles. The zero-order valence-electron chi connectivity index (χ0n) is 13.3. The quantitative estimate of drug-likeness (QED) is 0.786. The standard InChI is InChI=1S/C19H23NO2/c1-20-8-7-19-6-5-13(12-21)9-17(19)18(20)10-14-3-4-15(22-2)11-16(14)19/h3-5,11-12,17-18H,6-10H2,1-2H3/t17-,18+,19-/m0/s1. The van der Waals surface area contributed by atoms with E-state index in [0.29, 0.717) is 12.0 Å². The van der Waals surface area contributed by atoms with Crippen molar-refractivity contribution in [3.05, 3.63) is 41.0 Å². The number of hydrogen-bond acceptors (Lipinski definition) is 3. The number of likely N-dealkylation sites (tertiary alicyclic amines) is 1. The summed E-state index contributed by atoms with van der Waals surface area (Å²) < 4.78 is 5.48. The van der Waals surface area contributed by atoms with Gasteiger partial charge in [0, 0.05) is 11.5 Å². The summed E-state index contributed by atoms with van der Waals surface area (Å²) in [4.78, 5) is 13.8. The maximum atomic E-state index is 11.3. The second kappa shape index (κ2) is 4.95. The molecule has 2 bridgehead atoms. The number of hydrogen-bond donors (Lipinski definition) is 0. The van der Waals surface area contributed by atoms with Crippen LogP contribution < -0.4 is 4.74 Å². The van der Waals surface area contributed by atoms with Gasteiger partial charge in [-0.25, -0.2) is 0 Å². The highest BCUT2D eigenvalue weighted by Gasteiger charge is 2.53. The normalized spacial score (nSPS) is 33.5. The van der Waals surface area contributed by atoms with Gasteiger partial charge in [-0.3, -0.25) is 4.79 Å². The molecule has 0 unspecified atom stereocenters. The monoisotopic (exact) mass is 297 g/mol. The van der Waals surface area contributed by atoms with Gasteiger partial charge in [0.2, 0.25) is 0 Å². The first-order valence-electron chi connectivity index (χ1n) is 8.20. The Bertz CT molecular complexity index is 651. The second-order valence-corrected chi connectivity index (χ2v) is 7.09. The van der Waals surface area contributed by atoms with E-state index in [1.165, 1.54) is 17.5 Å². The van der Waals surface area contributed by atoms with Gasteiger partial charge < -0.3 is 9.64 Å². The number of likely N-dealkylation sites (N-methyl/N-ethyl adjacent to an activating group) is 1. The number of methoxy groups -OCH3 is 1. The lowest BCUT2D eigenvalue weighted by atomic mass is 9.53. The van der Waals surface area contributed by atoms with Crippen LogP contribution in [0.3, 0.4) is 0 Å². The van der Waals surface area contributed by atoms with Crippen LogP contribution in [0.25, 0.3) is 0 Å².